The van der Waals surface area contributed by atoms with Crippen LogP contribution in [0.5, 0.6) is 0 Å². The van der Waals surface area contributed by atoms with Gasteiger partial charge < -0.3 is 9.80 Å². The lowest BCUT2D eigenvalue weighted by Gasteiger charge is -2.32. The van der Waals surface area contributed by atoms with E-state index in [9.17, 15) is 0 Å². The van der Waals surface area contributed by atoms with Crippen LogP contribution < -0.4 is 0 Å². The Bertz CT molecular complexity index is 288. The Balaban J connectivity index is 2.16. The zero-order chi connectivity index (χ0) is 16.8. The summed E-state index contributed by atoms with van der Waals surface area (Å²) in [6.07, 6.45) is 23.4. The minimum atomic E-state index is 0.640. The Hall–Kier alpha value is -0.660. The molecule has 23 heavy (non-hydrogen) atoms. The fraction of sp³-hybridized carbons (Fsp3) is 0.905. The first-order chi connectivity index (χ1) is 11.3. The Morgan fingerprint density at radius 2 is 1.13 bits per heavy atom. The molecule has 0 spiro atoms. The van der Waals surface area contributed by atoms with Crippen molar-refractivity contribution in [2.45, 2.75) is 110 Å². The quantitative estimate of drug-likeness (QED) is 0.316. The van der Waals surface area contributed by atoms with Crippen molar-refractivity contribution in [1.29, 1.82) is 0 Å². The lowest BCUT2D eigenvalue weighted by molar-refractivity contribution is 0.142. The third-order valence-electron chi connectivity index (χ3n) is 5.17. The van der Waals surface area contributed by atoms with Crippen molar-refractivity contribution in [3.63, 3.8) is 0 Å². The molecular formula is C21H42N2. The predicted molar refractivity (Wildman–Crippen MR) is 103 cm³/mol. The van der Waals surface area contributed by atoms with Crippen LogP contribution in [0.4, 0.5) is 0 Å². The lowest BCUT2D eigenvalue weighted by Crippen LogP contribution is -2.38. The van der Waals surface area contributed by atoms with Gasteiger partial charge in [-0.15, -0.1) is 0 Å². The van der Waals surface area contributed by atoms with E-state index in [1.807, 2.05) is 0 Å². The summed E-state index contributed by atoms with van der Waals surface area (Å²) in [6.45, 7) is 9.26. The second-order valence-corrected chi connectivity index (χ2v) is 7.17. The number of nitrogens with zero attached hydrogens (tertiary/aromatic N) is 2. The van der Waals surface area contributed by atoms with E-state index >= 15 is 0 Å². The van der Waals surface area contributed by atoms with Gasteiger partial charge in [-0.2, -0.15) is 0 Å². The largest absolute Gasteiger partial charge is 0.356 e. The average molecular weight is 323 g/mol. The van der Waals surface area contributed by atoms with Crippen molar-refractivity contribution in [2.24, 2.45) is 0 Å². The van der Waals surface area contributed by atoms with Crippen molar-refractivity contribution >= 4 is 0 Å². The van der Waals surface area contributed by atoms with Gasteiger partial charge in [0.15, 0.2) is 0 Å². The molecule has 1 atom stereocenters. The number of rotatable bonds is 15. The van der Waals surface area contributed by atoms with Gasteiger partial charge in [0.2, 0.25) is 0 Å². The van der Waals surface area contributed by atoms with Crippen LogP contribution >= 0.6 is 0 Å². The van der Waals surface area contributed by atoms with Gasteiger partial charge >= 0.3 is 0 Å². The molecule has 0 aromatic rings. The summed E-state index contributed by atoms with van der Waals surface area (Å²) in [4.78, 5) is 5.14. The molecule has 0 aromatic carbocycles. The van der Waals surface area contributed by atoms with Crippen LogP contribution in [0.15, 0.2) is 12.4 Å². The van der Waals surface area contributed by atoms with Crippen LogP contribution in [0.2, 0.25) is 0 Å². The smallest absolute Gasteiger partial charge is 0.101 e. The summed E-state index contributed by atoms with van der Waals surface area (Å²) in [6, 6.07) is 0. The number of hydrogen-bond donors (Lipinski definition) is 0. The van der Waals surface area contributed by atoms with Gasteiger partial charge in [0, 0.05) is 25.5 Å². The molecule has 1 aliphatic rings. The fourth-order valence-electron chi connectivity index (χ4n) is 3.61. The lowest BCUT2D eigenvalue weighted by atomic mass is 10.1. The first kappa shape index (κ1) is 20.4. The highest BCUT2D eigenvalue weighted by molar-refractivity contribution is 4.96. The summed E-state index contributed by atoms with van der Waals surface area (Å²) < 4.78 is 0. The molecule has 2 heteroatoms. The van der Waals surface area contributed by atoms with Crippen molar-refractivity contribution in [2.75, 3.05) is 13.1 Å². The molecule has 0 fully saturated rings. The third kappa shape index (κ3) is 8.67. The van der Waals surface area contributed by atoms with E-state index < -0.39 is 0 Å². The van der Waals surface area contributed by atoms with E-state index in [1.54, 1.807) is 0 Å². The minimum absolute atomic E-state index is 0.640. The van der Waals surface area contributed by atoms with E-state index in [1.165, 1.54) is 90.0 Å². The molecule has 0 aromatic heterocycles. The summed E-state index contributed by atoms with van der Waals surface area (Å²) in [7, 11) is 0. The van der Waals surface area contributed by atoms with E-state index in [2.05, 4.69) is 43.0 Å². The van der Waals surface area contributed by atoms with E-state index in [4.69, 9.17) is 0 Å². The molecule has 136 valence electrons. The highest BCUT2D eigenvalue weighted by Gasteiger charge is 2.23. The Morgan fingerprint density at radius 1 is 0.609 bits per heavy atom. The van der Waals surface area contributed by atoms with Crippen LogP contribution in [-0.4, -0.2) is 29.1 Å². The maximum atomic E-state index is 2.61. The van der Waals surface area contributed by atoms with Crippen molar-refractivity contribution < 1.29 is 0 Å². The van der Waals surface area contributed by atoms with E-state index in [-0.39, 0.29) is 0 Å². The molecule has 0 radical (unpaired) electrons. The minimum Gasteiger partial charge on any atom is -0.356 e. The highest BCUT2D eigenvalue weighted by atomic mass is 15.4. The molecule has 1 unspecified atom stereocenters. The summed E-state index contributed by atoms with van der Waals surface area (Å²) in [5.74, 6) is 0. The van der Waals surface area contributed by atoms with Crippen molar-refractivity contribution in [1.82, 2.24) is 9.80 Å². The zero-order valence-corrected chi connectivity index (χ0v) is 16.2. The van der Waals surface area contributed by atoms with Crippen molar-refractivity contribution in [3.8, 4) is 0 Å². The van der Waals surface area contributed by atoms with Crippen LogP contribution in [-0.2, 0) is 0 Å². The average Bonchev–Trinajstić information content (AvgIpc) is 2.96. The van der Waals surface area contributed by atoms with E-state index in [0.29, 0.717) is 6.17 Å². The maximum Gasteiger partial charge on any atom is 0.101 e. The molecule has 2 nitrogen and oxygen atoms in total. The Morgan fingerprint density at radius 3 is 1.74 bits per heavy atom. The summed E-state index contributed by atoms with van der Waals surface area (Å²) in [5.41, 5.74) is 0. The van der Waals surface area contributed by atoms with Crippen LogP contribution in [0.25, 0.3) is 0 Å². The fourth-order valence-corrected chi connectivity index (χ4v) is 3.61. The van der Waals surface area contributed by atoms with Gasteiger partial charge in [0.05, 0.1) is 0 Å². The normalized spacial score (nSPS) is 17.4. The van der Waals surface area contributed by atoms with Crippen LogP contribution in [0, 0.1) is 0 Å². The summed E-state index contributed by atoms with van der Waals surface area (Å²) in [5, 5.41) is 0. The van der Waals surface area contributed by atoms with Gasteiger partial charge in [-0.05, 0) is 26.2 Å². The molecule has 0 amide bonds. The topological polar surface area (TPSA) is 6.48 Å². The maximum absolute atomic E-state index is 2.61. The summed E-state index contributed by atoms with van der Waals surface area (Å²) >= 11 is 0. The van der Waals surface area contributed by atoms with Gasteiger partial charge in [-0.3, -0.25) is 0 Å². The first-order valence-electron chi connectivity index (χ1n) is 10.5. The zero-order valence-electron chi connectivity index (χ0n) is 16.2. The second-order valence-electron chi connectivity index (χ2n) is 7.17. The van der Waals surface area contributed by atoms with Gasteiger partial charge in [0.25, 0.3) is 0 Å². The van der Waals surface area contributed by atoms with Crippen LogP contribution in [0.1, 0.15) is 104 Å². The number of unbranched alkanes of at least 4 members (excludes halogenated alkanes) is 10. The molecule has 0 saturated carbocycles. The molecular weight excluding hydrogens is 280 g/mol. The van der Waals surface area contributed by atoms with Gasteiger partial charge in [-0.25, -0.2) is 0 Å². The molecule has 0 saturated heterocycles. The van der Waals surface area contributed by atoms with Crippen LogP contribution in [0.3, 0.4) is 0 Å². The number of hydrogen-bond acceptors (Lipinski definition) is 2. The first-order valence-corrected chi connectivity index (χ1v) is 10.5. The predicted octanol–water partition coefficient (Wildman–Crippen LogP) is 6.53. The molecule has 1 heterocycles. The van der Waals surface area contributed by atoms with Gasteiger partial charge in [-0.1, -0.05) is 78.1 Å². The molecule has 0 aliphatic carbocycles. The second kappa shape index (κ2) is 13.7. The molecule has 0 N–H and O–H groups in total. The third-order valence-corrected chi connectivity index (χ3v) is 5.17. The molecule has 0 bridgehead atoms. The SMILES string of the molecule is CCCCCCCCCN1C=CN(CC)C1CCCCCCC. The Kier molecular flexibility index (Phi) is 12.2. The molecule has 1 rings (SSSR count). The highest BCUT2D eigenvalue weighted by Crippen LogP contribution is 2.22. The standard InChI is InChI=1S/C21H42N2/c1-4-7-9-11-12-14-16-18-23-20-19-22(6-3)21(23)17-15-13-10-8-5-2/h19-21H,4-18H2,1-3H3. The molecule has 1 aliphatic heterocycles. The van der Waals surface area contributed by atoms with Crippen molar-refractivity contribution in [3.05, 3.63) is 12.4 Å². The Labute approximate surface area is 146 Å². The monoisotopic (exact) mass is 322 g/mol. The van der Waals surface area contributed by atoms with Gasteiger partial charge in [0.1, 0.15) is 6.17 Å². The van der Waals surface area contributed by atoms with E-state index in [0.717, 1.165) is 6.54 Å².